The Morgan fingerprint density at radius 1 is 1.27 bits per heavy atom. The largest absolute Gasteiger partial charge is 0.396 e. The first kappa shape index (κ1) is 15.5. The molecule has 0 bridgehead atoms. The van der Waals surface area contributed by atoms with E-state index in [1.165, 1.54) is 11.3 Å². The van der Waals surface area contributed by atoms with Gasteiger partial charge in [-0.05, 0) is 30.9 Å². The van der Waals surface area contributed by atoms with Crippen molar-refractivity contribution in [2.24, 2.45) is 5.92 Å². The zero-order chi connectivity index (χ0) is 15.4. The van der Waals surface area contributed by atoms with Crippen molar-refractivity contribution < 1.29 is 5.11 Å². The summed E-state index contributed by atoms with van der Waals surface area (Å²) in [6.45, 7) is 2.90. The van der Waals surface area contributed by atoms with Crippen molar-refractivity contribution in [1.29, 1.82) is 0 Å². The molecule has 3 heterocycles. The Hall–Kier alpha value is -1.37. The highest BCUT2D eigenvalue weighted by molar-refractivity contribution is 7.15. The molecular formula is C15H19ClN4OS. The fraction of sp³-hybridized carbons (Fsp3) is 0.467. The van der Waals surface area contributed by atoms with Gasteiger partial charge in [-0.1, -0.05) is 11.6 Å². The number of hydrogen-bond donors (Lipinski definition) is 2. The van der Waals surface area contributed by atoms with Gasteiger partial charge in [0.15, 0.2) is 0 Å². The molecule has 1 aliphatic heterocycles. The fourth-order valence-electron chi connectivity index (χ4n) is 2.59. The third-order valence-corrected chi connectivity index (χ3v) is 5.05. The molecule has 0 radical (unpaired) electrons. The second kappa shape index (κ2) is 7.26. The standard InChI is InChI=1S/C15H19ClN4OS/c16-13-8-19-15(22-13)9-18-14-2-1-12(7-17-14)20-5-3-11(10-21)4-6-20/h1-2,7-8,11,21H,3-6,9-10H2,(H,17,18). The highest BCUT2D eigenvalue weighted by Crippen LogP contribution is 2.23. The van der Waals surface area contributed by atoms with Crippen molar-refractivity contribution in [3.63, 3.8) is 0 Å². The summed E-state index contributed by atoms with van der Waals surface area (Å²) in [5.74, 6) is 1.29. The first-order valence-corrected chi connectivity index (χ1v) is 8.60. The maximum atomic E-state index is 9.19. The summed E-state index contributed by atoms with van der Waals surface area (Å²) in [6.07, 6.45) is 5.65. The quantitative estimate of drug-likeness (QED) is 0.877. The van der Waals surface area contributed by atoms with Crippen molar-refractivity contribution in [2.75, 3.05) is 29.9 Å². The molecule has 1 fully saturated rings. The number of piperidine rings is 1. The Balaban J connectivity index is 1.54. The summed E-state index contributed by atoms with van der Waals surface area (Å²) < 4.78 is 0.700. The van der Waals surface area contributed by atoms with Gasteiger partial charge in [0.1, 0.15) is 15.2 Å². The molecule has 0 spiro atoms. The van der Waals surface area contributed by atoms with Gasteiger partial charge in [0.2, 0.25) is 0 Å². The molecule has 1 saturated heterocycles. The van der Waals surface area contributed by atoms with Gasteiger partial charge in [0.05, 0.1) is 24.6 Å². The van der Waals surface area contributed by atoms with E-state index in [1.54, 1.807) is 6.20 Å². The van der Waals surface area contributed by atoms with Gasteiger partial charge < -0.3 is 15.3 Å². The Bertz CT molecular complexity index is 596. The first-order chi connectivity index (χ1) is 10.7. The summed E-state index contributed by atoms with van der Waals surface area (Å²) in [7, 11) is 0. The molecule has 5 nitrogen and oxygen atoms in total. The molecule has 0 saturated carbocycles. The molecule has 0 aromatic carbocycles. The van der Waals surface area contributed by atoms with E-state index >= 15 is 0 Å². The van der Waals surface area contributed by atoms with Gasteiger partial charge in [-0.25, -0.2) is 9.97 Å². The number of anilines is 2. The minimum atomic E-state index is 0.301. The van der Waals surface area contributed by atoms with Crippen LogP contribution in [0.15, 0.2) is 24.5 Å². The molecule has 2 aromatic heterocycles. The van der Waals surface area contributed by atoms with Crippen LogP contribution < -0.4 is 10.2 Å². The summed E-state index contributed by atoms with van der Waals surface area (Å²) in [4.78, 5) is 11.0. The van der Waals surface area contributed by atoms with Gasteiger partial charge in [-0.15, -0.1) is 11.3 Å². The van der Waals surface area contributed by atoms with Crippen LogP contribution in [0, 0.1) is 5.92 Å². The molecule has 22 heavy (non-hydrogen) atoms. The molecule has 0 amide bonds. The van der Waals surface area contributed by atoms with Gasteiger partial charge in [-0.2, -0.15) is 0 Å². The lowest BCUT2D eigenvalue weighted by atomic mass is 9.98. The highest BCUT2D eigenvalue weighted by atomic mass is 35.5. The van der Waals surface area contributed by atoms with E-state index in [0.29, 0.717) is 23.4 Å². The highest BCUT2D eigenvalue weighted by Gasteiger charge is 2.18. The summed E-state index contributed by atoms with van der Waals surface area (Å²) >= 11 is 7.33. The predicted octanol–water partition coefficient (Wildman–Crippen LogP) is 3.01. The molecule has 3 rings (SSSR count). The van der Waals surface area contributed by atoms with Crippen molar-refractivity contribution in [3.05, 3.63) is 33.9 Å². The van der Waals surface area contributed by atoms with Crippen LogP contribution in [-0.2, 0) is 6.54 Å². The monoisotopic (exact) mass is 338 g/mol. The van der Waals surface area contributed by atoms with Crippen LogP contribution in [0.1, 0.15) is 17.8 Å². The third kappa shape index (κ3) is 3.88. The molecule has 0 aliphatic carbocycles. The Kier molecular flexibility index (Phi) is 5.12. The molecule has 2 aromatic rings. The van der Waals surface area contributed by atoms with Crippen LogP contribution in [-0.4, -0.2) is 34.8 Å². The number of nitrogens with one attached hydrogen (secondary N) is 1. The topological polar surface area (TPSA) is 61.3 Å². The lowest BCUT2D eigenvalue weighted by Crippen LogP contribution is -2.34. The van der Waals surface area contributed by atoms with E-state index in [1.807, 2.05) is 12.3 Å². The van der Waals surface area contributed by atoms with Gasteiger partial charge in [0.25, 0.3) is 0 Å². The molecule has 7 heteroatoms. The number of aliphatic hydroxyl groups excluding tert-OH is 1. The zero-order valence-corrected chi connectivity index (χ0v) is 13.8. The Morgan fingerprint density at radius 3 is 2.68 bits per heavy atom. The SMILES string of the molecule is OCC1CCN(c2ccc(NCc3ncc(Cl)s3)nc2)CC1. The summed E-state index contributed by atoms with van der Waals surface area (Å²) in [5.41, 5.74) is 1.14. The van der Waals surface area contributed by atoms with Crippen LogP contribution in [0.2, 0.25) is 4.34 Å². The normalized spacial score (nSPS) is 16.0. The number of hydrogen-bond acceptors (Lipinski definition) is 6. The van der Waals surface area contributed by atoms with E-state index in [9.17, 15) is 5.11 Å². The predicted molar refractivity (Wildman–Crippen MR) is 90.7 cm³/mol. The van der Waals surface area contributed by atoms with Crippen LogP contribution in [0.5, 0.6) is 0 Å². The second-order valence-corrected chi connectivity index (χ2v) is 7.17. The number of halogens is 1. The van der Waals surface area contributed by atoms with Crippen molar-refractivity contribution in [2.45, 2.75) is 19.4 Å². The smallest absolute Gasteiger partial charge is 0.126 e. The molecule has 2 N–H and O–H groups in total. The number of pyridine rings is 1. The van der Waals surface area contributed by atoms with E-state index in [4.69, 9.17) is 11.6 Å². The molecule has 0 atom stereocenters. The molecular weight excluding hydrogens is 320 g/mol. The van der Waals surface area contributed by atoms with Crippen LogP contribution in [0.3, 0.4) is 0 Å². The number of thiazole rings is 1. The van der Waals surface area contributed by atoms with Gasteiger partial charge >= 0.3 is 0 Å². The average Bonchev–Trinajstić information content (AvgIpc) is 2.99. The van der Waals surface area contributed by atoms with E-state index in [-0.39, 0.29) is 0 Å². The maximum absolute atomic E-state index is 9.19. The molecule has 0 unspecified atom stereocenters. The van der Waals surface area contributed by atoms with Crippen LogP contribution in [0.4, 0.5) is 11.5 Å². The Labute approximate surface area is 139 Å². The maximum Gasteiger partial charge on any atom is 0.126 e. The lowest BCUT2D eigenvalue weighted by molar-refractivity contribution is 0.203. The molecule has 1 aliphatic rings. The van der Waals surface area contributed by atoms with Crippen molar-refractivity contribution in [3.8, 4) is 0 Å². The zero-order valence-electron chi connectivity index (χ0n) is 12.2. The number of rotatable bonds is 5. The van der Waals surface area contributed by atoms with Gasteiger partial charge in [0, 0.05) is 19.7 Å². The minimum Gasteiger partial charge on any atom is -0.396 e. The molecule has 118 valence electrons. The van der Waals surface area contributed by atoms with Gasteiger partial charge in [-0.3, -0.25) is 0 Å². The van der Waals surface area contributed by atoms with Crippen LogP contribution in [0.25, 0.3) is 0 Å². The van der Waals surface area contributed by atoms with E-state index in [0.717, 1.165) is 42.4 Å². The van der Waals surface area contributed by atoms with E-state index in [2.05, 4.69) is 26.3 Å². The van der Waals surface area contributed by atoms with E-state index < -0.39 is 0 Å². The number of nitrogens with zero attached hydrogens (tertiary/aromatic N) is 3. The van der Waals surface area contributed by atoms with Crippen molar-refractivity contribution in [1.82, 2.24) is 9.97 Å². The lowest BCUT2D eigenvalue weighted by Gasteiger charge is -2.32. The second-order valence-electron chi connectivity index (χ2n) is 5.43. The first-order valence-electron chi connectivity index (χ1n) is 7.40. The summed E-state index contributed by atoms with van der Waals surface area (Å²) in [5, 5.41) is 13.4. The number of aliphatic hydroxyl groups is 1. The fourth-order valence-corrected chi connectivity index (χ4v) is 3.48. The van der Waals surface area contributed by atoms with Crippen molar-refractivity contribution >= 4 is 34.4 Å². The number of aromatic nitrogens is 2. The third-order valence-electron chi connectivity index (χ3n) is 3.93. The summed E-state index contributed by atoms with van der Waals surface area (Å²) in [6, 6.07) is 4.08. The average molecular weight is 339 g/mol. The van der Waals surface area contributed by atoms with Crippen LogP contribution >= 0.6 is 22.9 Å². The minimum absolute atomic E-state index is 0.301. The Morgan fingerprint density at radius 2 is 2.09 bits per heavy atom.